The van der Waals surface area contributed by atoms with E-state index in [1.54, 1.807) is 0 Å². The Morgan fingerprint density at radius 3 is 2.65 bits per heavy atom. The van der Waals surface area contributed by atoms with Gasteiger partial charge in [-0.05, 0) is 43.0 Å². The van der Waals surface area contributed by atoms with Crippen molar-refractivity contribution in [2.24, 2.45) is 5.92 Å². The zero-order valence-electron chi connectivity index (χ0n) is 18.8. The molecular weight excluding hydrogens is 438 g/mol. The highest BCUT2D eigenvalue weighted by Gasteiger charge is 2.29. The van der Waals surface area contributed by atoms with Crippen molar-refractivity contribution in [1.29, 1.82) is 0 Å². The maximum atomic E-state index is 12.8. The van der Waals surface area contributed by atoms with E-state index >= 15 is 0 Å². The first-order valence-corrected chi connectivity index (χ1v) is 11.5. The van der Waals surface area contributed by atoms with Crippen LogP contribution in [0.3, 0.4) is 0 Å². The summed E-state index contributed by atoms with van der Waals surface area (Å²) in [7, 11) is 0. The number of non-ortho nitro benzene ring substituents is 1. The van der Waals surface area contributed by atoms with Crippen LogP contribution in [0.2, 0.25) is 0 Å². The third-order valence-electron chi connectivity index (χ3n) is 6.48. The van der Waals surface area contributed by atoms with Crippen LogP contribution in [0, 0.1) is 16.0 Å². The van der Waals surface area contributed by atoms with Gasteiger partial charge in [0.15, 0.2) is 6.61 Å². The first-order valence-electron chi connectivity index (χ1n) is 11.5. The molecule has 1 N–H and O–H groups in total. The second-order valence-electron chi connectivity index (χ2n) is 9.01. The van der Waals surface area contributed by atoms with Crippen molar-refractivity contribution in [3.8, 4) is 5.75 Å². The summed E-state index contributed by atoms with van der Waals surface area (Å²) in [5, 5.41) is 14.0. The molecule has 5 rings (SSSR count). The minimum absolute atomic E-state index is 0.174. The van der Waals surface area contributed by atoms with Crippen molar-refractivity contribution in [2.45, 2.75) is 12.8 Å². The maximum Gasteiger partial charge on any atom is 0.271 e. The summed E-state index contributed by atoms with van der Waals surface area (Å²) in [6.07, 6.45) is 2.72. The van der Waals surface area contributed by atoms with Crippen LogP contribution in [0.5, 0.6) is 5.75 Å². The standard InChI is InChI=1S/C24H27N5O5/c30-23(15-28-21-13-20(29(32)33)6-7-22(21)34-16-24(28)31)25-18-2-1-3-19(12-18)27-10-8-26(9-11-27)14-17-4-5-17/h1-3,6-7,12-13,17H,4-5,8-11,14-16H2,(H,25,30). The normalized spacial score (nSPS) is 18.3. The first kappa shape index (κ1) is 22.1. The van der Waals surface area contributed by atoms with Crippen LogP contribution in [-0.4, -0.2) is 67.5 Å². The molecule has 10 nitrogen and oxygen atoms in total. The Morgan fingerprint density at radius 2 is 1.91 bits per heavy atom. The quantitative estimate of drug-likeness (QED) is 0.494. The van der Waals surface area contributed by atoms with Crippen molar-refractivity contribution in [3.63, 3.8) is 0 Å². The SMILES string of the molecule is O=C(CN1C(=O)COc2ccc([N+](=O)[O-])cc21)Nc1cccc(N2CCN(CC3CC3)CC2)c1. The summed E-state index contributed by atoms with van der Waals surface area (Å²) in [5.74, 6) is 0.405. The zero-order valence-corrected chi connectivity index (χ0v) is 18.8. The molecule has 10 heteroatoms. The van der Waals surface area contributed by atoms with Gasteiger partial charge in [0.05, 0.1) is 10.6 Å². The number of fused-ring (bicyclic) bond motifs is 1. The topological polar surface area (TPSA) is 108 Å². The molecule has 1 aliphatic carbocycles. The Balaban J connectivity index is 1.23. The number of piperazine rings is 1. The van der Waals surface area contributed by atoms with Crippen molar-refractivity contribution < 1.29 is 19.2 Å². The Labute approximate surface area is 197 Å². The number of nitrogens with zero attached hydrogens (tertiary/aromatic N) is 4. The molecule has 0 bridgehead atoms. The third-order valence-corrected chi connectivity index (χ3v) is 6.48. The van der Waals surface area contributed by atoms with E-state index in [0.29, 0.717) is 11.4 Å². The molecule has 34 heavy (non-hydrogen) atoms. The number of carbonyl (C=O) groups is 2. The Morgan fingerprint density at radius 1 is 1.12 bits per heavy atom. The molecule has 178 valence electrons. The van der Waals surface area contributed by atoms with Gasteiger partial charge in [-0.2, -0.15) is 0 Å². The van der Waals surface area contributed by atoms with Crippen molar-refractivity contribution in [1.82, 2.24) is 4.90 Å². The minimum Gasteiger partial charge on any atom is -0.482 e. The molecule has 0 aromatic heterocycles. The number of ether oxygens (including phenoxy) is 1. The third kappa shape index (κ3) is 4.96. The molecule has 0 atom stereocenters. The smallest absolute Gasteiger partial charge is 0.271 e. The predicted octanol–water partition coefficient (Wildman–Crippen LogP) is 2.49. The van der Waals surface area contributed by atoms with Crippen LogP contribution < -0.4 is 19.9 Å². The van der Waals surface area contributed by atoms with Gasteiger partial charge in [0, 0.05) is 56.2 Å². The van der Waals surface area contributed by atoms with E-state index < -0.39 is 10.8 Å². The fourth-order valence-corrected chi connectivity index (χ4v) is 4.46. The molecule has 2 aliphatic heterocycles. The first-order chi connectivity index (χ1) is 16.5. The second-order valence-corrected chi connectivity index (χ2v) is 9.01. The highest BCUT2D eigenvalue weighted by molar-refractivity contribution is 6.05. The number of nitro benzene ring substituents is 1. The molecule has 2 amide bonds. The fourth-order valence-electron chi connectivity index (χ4n) is 4.46. The van der Waals surface area contributed by atoms with Gasteiger partial charge in [0.2, 0.25) is 5.91 Å². The number of anilines is 3. The average Bonchev–Trinajstić information content (AvgIpc) is 3.65. The predicted molar refractivity (Wildman–Crippen MR) is 127 cm³/mol. The molecule has 1 saturated heterocycles. The van der Waals surface area contributed by atoms with E-state index in [4.69, 9.17) is 4.74 Å². The van der Waals surface area contributed by atoms with Gasteiger partial charge < -0.3 is 15.0 Å². The van der Waals surface area contributed by atoms with Crippen molar-refractivity contribution >= 4 is 34.6 Å². The Bertz CT molecular complexity index is 1110. The van der Waals surface area contributed by atoms with Gasteiger partial charge in [0.1, 0.15) is 12.3 Å². The second kappa shape index (κ2) is 9.30. The number of hydrogen-bond donors (Lipinski definition) is 1. The molecule has 0 unspecified atom stereocenters. The van der Waals surface area contributed by atoms with Gasteiger partial charge in [-0.3, -0.25) is 29.5 Å². The van der Waals surface area contributed by atoms with Crippen molar-refractivity contribution in [2.75, 3.05) is 61.0 Å². The summed E-state index contributed by atoms with van der Waals surface area (Å²) in [6.45, 7) is 4.69. The van der Waals surface area contributed by atoms with Crippen LogP contribution in [0.15, 0.2) is 42.5 Å². The van der Waals surface area contributed by atoms with Gasteiger partial charge in [-0.25, -0.2) is 0 Å². The number of nitro groups is 1. The van der Waals surface area contributed by atoms with E-state index in [1.165, 1.54) is 42.5 Å². The highest BCUT2D eigenvalue weighted by atomic mass is 16.6. The van der Waals surface area contributed by atoms with Crippen LogP contribution in [0.4, 0.5) is 22.7 Å². The van der Waals surface area contributed by atoms with Crippen LogP contribution in [0.1, 0.15) is 12.8 Å². The summed E-state index contributed by atoms with van der Waals surface area (Å²) in [6, 6.07) is 11.7. The Kier molecular flexibility index (Phi) is 6.06. The molecule has 1 saturated carbocycles. The molecule has 0 radical (unpaired) electrons. The van der Waals surface area contributed by atoms with Crippen LogP contribution in [0.25, 0.3) is 0 Å². The average molecular weight is 466 g/mol. The minimum atomic E-state index is -0.547. The van der Waals surface area contributed by atoms with E-state index in [9.17, 15) is 19.7 Å². The van der Waals surface area contributed by atoms with Crippen LogP contribution in [-0.2, 0) is 9.59 Å². The molecule has 2 aromatic rings. The lowest BCUT2D eigenvalue weighted by Gasteiger charge is -2.36. The lowest BCUT2D eigenvalue weighted by molar-refractivity contribution is -0.384. The van der Waals surface area contributed by atoms with E-state index in [0.717, 1.165) is 37.8 Å². The molecule has 0 spiro atoms. The largest absolute Gasteiger partial charge is 0.482 e. The van der Waals surface area contributed by atoms with E-state index in [-0.39, 0.29) is 30.4 Å². The molecule has 3 aliphatic rings. The number of nitrogens with one attached hydrogen (secondary N) is 1. The van der Waals surface area contributed by atoms with Gasteiger partial charge >= 0.3 is 0 Å². The summed E-state index contributed by atoms with van der Waals surface area (Å²) >= 11 is 0. The number of carbonyl (C=O) groups excluding carboxylic acids is 2. The molecular formula is C24H27N5O5. The van der Waals surface area contributed by atoms with E-state index in [1.807, 2.05) is 24.3 Å². The van der Waals surface area contributed by atoms with Gasteiger partial charge in [-0.1, -0.05) is 6.07 Å². The number of hydrogen-bond acceptors (Lipinski definition) is 7. The van der Waals surface area contributed by atoms with Gasteiger partial charge in [-0.15, -0.1) is 0 Å². The Hall–Kier alpha value is -3.66. The highest BCUT2D eigenvalue weighted by Crippen LogP contribution is 2.35. The lowest BCUT2D eigenvalue weighted by Crippen LogP contribution is -2.47. The van der Waals surface area contributed by atoms with E-state index in [2.05, 4.69) is 15.1 Å². The van der Waals surface area contributed by atoms with Crippen molar-refractivity contribution in [3.05, 3.63) is 52.6 Å². The van der Waals surface area contributed by atoms with Gasteiger partial charge in [0.25, 0.3) is 11.6 Å². The van der Waals surface area contributed by atoms with Crippen LogP contribution >= 0.6 is 0 Å². The summed E-state index contributed by atoms with van der Waals surface area (Å²) < 4.78 is 5.36. The molecule has 2 fully saturated rings. The summed E-state index contributed by atoms with van der Waals surface area (Å²) in [5.41, 5.74) is 1.74. The monoisotopic (exact) mass is 465 g/mol. The lowest BCUT2D eigenvalue weighted by atomic mass is 10.2. The number of amides is 2. The number of rotatable bonds is 7. The number of benzene rings is 2. The zero-order chi connectivity index (χ0) is 23.7. The fraction of sp³-hybridized carbons (Fsp3) is 0.417. The molecule has 2 aromatic carbocycles. The summed E-state index contributed by atoms with van der Waals surface area (Å²) in [4.78, 5) is 41.9. The maximum absolute atomic E-state index is 12.8. The molecule has 2 heterocycles.